The lowest BCUT2D eigenvalue weighted by molar-refractivity contribution is 0.309. The highest BCUT2D eigenvalue weighted by Crippen LogP contribution is 2.23. The van der Waals surface area contributed by atoms with Gasteiger partial charge in [-0.2, -0.15) is 0 Å². The van der Waals surface area contributed by atoms with E-state index in [2.05, 4.69) is 44.1 Å². The maximum absolute atomic E-state index is 4.57. The number of nitrogens with zero attached hydrogens (tertiary/aromatic N) is 3. The Kier molecular flexibility index (Phi) is 3.60. The van der Waals surface area contributed by atoms with E-state index in [4.69, 9.17) is 0 Å². The van der Waals surface area contributed by atoms with Crippen LogP contribution in [-0.4, -0.2) is 32.9 Å². The Morgan fingerprint density at radius 2 is 2.18 bits per heavy atom. The SMILES string of the molecule is c1ccc2ncc(CC3CCN(Cc4ncc[nH]4)C3)cc2c1. The van der Waals surface area contributed by atoms with E-state index < -0.39 is 0 Å². The number of likely N-dealkylation sites (tertiary alicyclic amines) is 1. The number of nitrogens with one attached hydrogen (secondary N) is 1. The first-order valence-electron chi connectivity index (χ1n) is 7.91. The zero-order valence-electron chi connectivity index (χ0n) is 12.6. The molecule has 0 amide bonds. The van der Waals surface area contributed by atoms with E-state index >= 15 is 0 Å². The van der Waals surface area contributed by atoms with Gasteiger partial charge in [-0.05, 0) is 43.0 Å². The summed E-state index contributed by atoms with van der Waals surface area (Å²) in [6.07, 6.45) is 8.13. The molecule has 22 heavy (non-hydrogen) atoms. The summed E-state index contributed by atoms with van der Waals surface area (Å²) < 4.78 is 0. The molecule has 0 saturated carbocycles. The van der Waals surface area contributed by atoms with Gasteiger partial charge in [0, 0.05) is 30.5 Å². The Morgan fingerprint density at radius 3 is 3.09 bits per heavy atom. The molecule has 1 N–H and O–H groups in total. The fourth-order valence-corrected chi connectivity index (χ4v) is 3.38. The highest BCUT2D eigenvalue weighted by atomic mass is 15.2. The van der Waals surface area contributed by atoms with E-state index in [-0.39, 0.29) is 0 Å². The molecule has 4 nitrogen and oxygen atoms in total. The van der Waals surface area contributed by atoms with Gasteiger partial charge in [0.1, 0.15) is 5.82 Å². The Bertz CT molecular complexity index is 751. The standard InChI is InChI=1S/C18H20N4/c1-2-4-17-16(3-1)10-15(11-21-17)9-14-5-8-22(12-14)13-18-19-6-7-20-18/h1-4,6-7,10-11,14H,5,8-9,12-13H2,(H,19,20). The average molecular weight is 292 g/mol. The molecule has 1 saturated heterocycles. The van der Waals surface area contributed by atoms with Crippen molar-refractivity contribution in [3.63, 3.8) is 0 Å². The van der Waals surface area contributed by atoms with Crippen LogP contribution in [0.2, 0.25) is 0 Å². The molecular weight excluding hydrogens is 272 g/mol. The normalized spacial score (nSPS) is 19.0. The van der Waals surface area contributed by atoms with Gasteiger partial charge in [-0.15, -0.1) is 0 Å². The average Bonchev–Trinajstić information content (AvgIpc) is 3.20. The number of hydrogen-bond donors (Lipinski definition) is 1. The summed E-state index contributed by atoms with van der Waals surface area (Å²) in [6, 6.07) is 10.6. The van der Waals surface area contributed by atoms with Crippen molar-refractivity contribution in [1.82, 2.24) is 19.9 Å². The first kappa shape index (κ1) is 13.5. The summed E-state index contributed by atoms with van der Waals surface area (Å²) in [7, 11) is 0. The fraction of sp³-hybridized carbons (Fsp3) is 0.333. The van der Waals surface area contributed by atoms with Crippen LogP contribution < -0.4 is 0 Å². The predicted octanol–water partition coefficient (Wildman–Crippen LogP) is 3.02. The number of benzene rings is 1. The molecule has 3 heterocycles. The minimum Gasteiger partial charge on any atom is -0.348 e. The number of aromatic amines is 1. The Hall–Kier alpha value is -2.20. The minimum atomic E-state index is 0.720. The molecule has 4 heteroatoms. The van der Waals surface area contributed by atoms with Crippen LogP contribution in [0.5, 0.6) is 0 Å². The van der Waals surface area contributed by atoms with Crippen LogP contribution >= 0.6 is 0 Å². The number of imidazole rings is 1. The second-order valence-corrected chi connectivity index (χ2v) is 6.17. The first-order chi connectivity index (χ1) is 10.9. The maximum atomic E-state index is 4.57. The molecule has 1 aromatic carbocycles. The highest BCUT2D eigenvalue weighted by Gasteiger charge is 2.23. The first-order valence-corrected chi connectivity index (χ1v) is 7.91. The maximum Gasteiger partial charge on any atom is 0.120 e. The summed E-state index contributed by atoms with van der Waals surface area (Å²) in [6.45, 7) is 3.24. The molecule has 1 aliphatic rings. The van der Waals surface area contributed by atoms with Gasteiger partial charge in [0.2, 0.25) is 0 Å². The molecule has 0 radical (unpaired) electrons. The molecule has 0 spiro atoms. The molecule has 0 aliphatic carbocycles. The molecule has 1 atom stereocenters. The third-order valence-electron chi connectivity index (χ3n) is 4.47. The summed E-state index contributed by atoms with van der Waals surface area (Å²) in [5, 5.41) is 1.24. The van der Waals surface area contributed by atoms with Gasteiger partial charge < -0.3 is 4.98 Å². The lowest BCUT2D eigenvalue weighted by Crippen LogP contribution is -2.21. The van der Waals surface area contributed by atoms with Crippen LogP contribution in [0, 0.1) is 5.92 Å². The predicted molar refractivity (Wildman–Crippen MR) is 87.4 cm³/mol. The van der Waals surface area contributed by atoms with Crippen molar-refractivity contribution in [3.8, 4) is 0 Å². The van der Waals surface area contributed by atoms with Gasteiger partial charge in [0.05, 0.1) is 12.1 Å². The van der Waals surface area contributed by atoms with Crippen molar-refractivity contribution in [3.05, 3.63) is 60.3 Å². The molecule has 3 aromatic rings. The summed E-state index contributed by atoms with van der Waals surface area (Å²) >= 11 is 0. The third kappa shape index (κ3) is 2.88. The molecule has 4 rings (SSSR count). The number of aromatic nitrogens is 3. The molecule has 1 aliphatic heterocycles. The van der Waals surface area contributed by atoms with E-state index in [0.29, 0.717) is 0 Å². The van der Waals surface area contributed by atoms with Crippen molar-refractivity contribution in [1.29, 1.82) is 0 Å². The van der Waals surface area contributed by atoms with Gasteiger partial charge in [-0.3, -0.25) is 9.88 Å². The quantitative estimate of drug-likeness (QED) is 0.804. The summed E-state index contributed by atoms with van der Waals surface area (Å²) in [5.74, 6) is 1.78. The number of rotatable bonds is 4. The number of fused-ring (bicyclic) bond motifs is 1. The van der Waals surface area contributed by atoms with Crippen LogP contribution in [0.25, 0.3) is 10.9 Å². The third-order valence-corrected chi connectivity index (χ3v) is 4.47. The summed E-state index contributed by atoms with van der Waals surface area (Å²) in [4.78, 5) is 14.6. The van der Waals surface area contributed by atoms with Gasteiger partial charge in [-0.25, -0.2) is 4.98 Å². The van der Waals surface area contributed by atoms with Crippen molar-refractivity contribution in [2.75, 3.05) is 13.1 Å². The lowest BCUT2D eigenvalue weighted by Gasteiger charge is -2.14. The van der Waals surface area contributed by atoms with Gasteiger partial charge in [-0.1, -0.05) is 18.2 Å². The molecule has 0 bridgehead atoms. The van der Waals surface area contributed by atoms with Crippen molar-refractivity contribution in [2.45, 2.75) is 19.4 Å². The molecule has 2 aromatic heterocycles. The van der Waals surface area contributed by atoms with E-state index in [9.17, 15) is 0 Å². The summed E-state index contributed by atoms with van der Waals surface area (Å²) in [5.41, 5.74) is 2.43. The van der Waals surface area contributed by atoms with Crippen LogP contribution in [0.15, 0.2) is 48.9 Å². The van der Waals surface area contributed by atoms with Crippen LogP contribution in [0.4, 0.5) is 0 Å². The fourth-order valence-electron chi connectivity index (χ4n) is 3.38. The van der Waals surface area contributed by atoms with Crippen molar-refractivity contribution in [2.24, 2.45) is 5.92 Å². The molecule has 1 unspecified atom stereocenters. The number of para-hydroxylation sites is 1. The topological polar surface area (TPSA) is 44.8 Å². The second-order valence-electron chi connectivity index (χ2n) is 6.17. The van der Waals surface area contributed by atoms with Crippen LogP contribution in [0.3, 0.4) is 0 Å². The molecule has 112 valence electrons. The zero-order chi connectivity index (χ0) is 14.8. The van der Waals surface area contributed by atoms with E-state index in [1.807, 2.05) is 24.7 Å². The largest absolute Gasteiger partial charge is 0.348 e. The Labute approximate surface area is 130 Å². The van der Waals surface area contributed by atoms with Crippen molar-refractivity contribution >= 4 is 10.9 Å². The Morgan fingerprint density at radius 1 is 1.23 bits per heavy atom. The van der Waals surface area contributed by atoms with Crippen LogP contribution in [0.1, 0.15) is 17.8 Å². The highest BCUT2D eigenvalue weighted by molar-refractivity contribution is 5.78. The number of hydrogen-bond acceptors (Lipinski definition) is 3. The smallest absolute Gasteiger partial charge is 0.120 e. The Balaban J connectivity index is 1.40. The van der Waals surface area contributed by atoms with Gasteiger partial charge >= 0.3 is 0 Å². The zero-order valence-corrected chi connectivity index (χ0v) is 12.6. The van der Waals surface area contributed by atoms with E-state index in [0.717, 1.165) is 43.3 Å². The number of H-pyrrole nitrogens is 1. The van der Waals surface area contributed by atoms with E-state index in [1.165, 1.54) is 17.4 Å². The second kappa shape index (κ2) is 5.89. The monoisotopic (exact) mass is 292 g/mol. The van der Waals surface area contributed by atoms with Gasteiger partial charge in [0.15, 0.2) is 0 Å². The van der Waals surface area contributed by atoms with Crippen LogP contribution in [-0.2, 0) is 13.0 Å². The van der Waals surface area contributed by atoms with Gasteiger partial charge in [0.25, 0.3) is 0 Å². The van der Waals surface area contributed by atoms with Crippen molar-refractivity contribution < 1.29 is 0 Å². The lowest BCUT2D eigenvalue weighted by atomic mass is 9.99. The number of pyridine rings is 1. The molecule has 1 fully saturated rings. The minimum absolute atomic E-state index is 0.720. The molecular formula is C18H20N4. The van der Waals surface area contributed by atoms with E-state index in [1.54, 1.807) is 0 Å².